The van der Waals surface area contributed by atoms with E-state index >= 15 is 0 Å². The van der Waals surface area contributed by atoms with Gasteiger partial charge in [-0.3, -0.25) is 4.98 Å². The standard InChI is InChI=1S/C22H25N3O2/c1-3-25(4-2)19-9-7-17(8-10-19)20(22-6-5-15-27-22)16-21(24-26)18-11-13-23-14-12-18/h5-15,20,26H,3-4,16H2,1-2H3. The van der Waals surface area contributed by atoms with Gasteiger partial charge in [-0.1, -0.05) is 17.3 Å². The number of anilines is 1. The maximum Gasteiger partial charge on any atom is 0.111 e. The molecular weight excluding hydrogens is 338 g/mol. The van der Waals surface area contributed by atoms with E-state index < -0.39 is 0 Å². The van der Waals surface area contributed by atoms with Crippen molar-refractivity contribution in [1.29, 1.82) is 0 Å². The van der Waals surface area contributed by atoms with E-state index in [-0.39, 0.29) is 5.92 Å². The second-order valence-electron chi connectivity index (χ2n) is 6.32. The second kappa shape index (κ2) is 9.03. The van der Waals surface area contributed by atoms with Gasteiger partial charge in [0, 0.05) is 49.1 Å². The van der Waals surface area contributed by atoms with E-state index in [2.05, 4.69) is 53.2 Å². The Morgan fingerprint density at radius 1 is 1.07 bits per heavy atom. The van der Waals surface area contributed by atoms with Gasteiger partial charge in [-0.2, -0.15) is 0 Å². The molecule has 0 aliphatic rings. The molecule has 5 nitrogen and oxygen atoms in total. The number of nitrogens with zero attached hydrogens (tertiary/aromatic N) is 3. The third kappa shape index (κ3) is 4.37. The molecule has 1 atom stereocenters. The summed E-state index contributed by atoms with van der Waals surface area (Å²) < 4.78 is 5.69. The summed E-state index contributed by atoms with van der Waals surface area (Å²) in [4.78, 5) is 6.34. The summed E-state index contributed by atoms with van der Waals surface area (Å²) in [6.07, 6.45) is 5.59. The molecule has 0 saturated carbocycles. The Balaban J connectivity index is 1.91. The molecule has 1 aromatic carbocycles. The van der Waals surface area contributed by atoms with Gasteiger partial charge in [-0.05, 0) is 55.8 Å². The van der Waals surface area contributed by atoms with Gasteiger partial charge in [-0.25, -0.2) is 0 Å². The number of rotatable bonds is 8. The molecule has 0 aliphatic heterocycles. The predicted octanol–water partition coefficient (Wildman–Crippen LogP) is 4.92. The zero-order valence-corrected chi connectivity index (χ0v) is 15.7. The number of aromatic nitrogens is 1. The molecule has 0 fully saturated rings. The number of oxime groups is 1. The molecule has 2 aromatic heterocycles. The van der Waals surface area contributed by atoms with Crippen molar-refractivity contribution in [2.45, 2.75) is 26.2 Å². The van der Waals surface area contributed by atoms with Crippen molar-refractivity contribution < 1.29 is 9.62 Å². The van der Waals surface area contributed by atoms with Crippen molar-refractivity contribution in [3.8, 4) is 0 Å². The molecule has 2 heterocycles. The van der Waals surface area contributed by atoms with Crippen LogP contribution in [0.4, 0.5) is 5.69 Å². The van der Waals surface area contributed by atoms with Crippen molar-refractivity contribution >= 4 is 11.4 Å². The normalized spacial score (nSPS) is 12.7. The fraction of sp³-hybridized carbons (Fsp3) is 0.273. The average Bonchev–Trinajstić information content (AvgIpc) is 3.26. The van der Waals surface area contributed by atoms with Crippen molar-refractivity contribution in [2.24, 2.45) is 5.16 Å². The lowest BCUT2D eigenvalue weighted by molar-refractivity contribution is 0.317. The zero-order chi connectivity index (χ0) is 19.1. The monoisotopic (exact) mass is 363 g/mol. The highest BCUT2D eigenvalue weighted by molar-refractivity contribution is 6.00. The lowest BCUT2D eigenvalue weighted by Gasteiger charge is -2.22. The number of pyridine rings is 1. The van der Waals surface area contributed by atoms with E-state index in [1.165, 1.54) is 5.69 Å². The molecule has 1 unspecified atom stereocenters. The van der Waals surface area contributed by atoms with Crippen molar-refractivity contribution in [2.75, 3.05) is 18.0 Å². The van der Waals surface area contributed by atoms with Crippen LogP contribution in [0.1, 0.15) is 43.1 Å². The number of hydrogen-bond acceptors (Lipinski definition) is 5. The third-order valence-corrected chi connectivity index (χ3v) is 4.84. The van der Waals surface area contributed by atoms with Crippen LogP contribution in [-0.4, -0.2) is 29.0 Å². The Morgan fingerprint density at radius 2 is 1.78 bits per heavy atom. The van der Waals surface area contributed by atoms with Crippen LogP contribution in [0.2, 0.25) is 0 Å². The van der Waals surface area contributed by atoms with Crippen LogP contribution in [0.3, 0.4) is 0 Å². The lowest BCUT2D eigenvalue weighted by Crippen LogP contribution is -2.21. The maximum atomic E-state index is 9.58. The zero-order valence-electron chi connectivity index (χ0n) is 15.7. The molecule has 3 aromatic rings. The van der Waals surface area contributed by atoms with Crippen molar-refractivity contribution in [1.82, 2.24) is 4.98 Å². The number of furan rings is 1. The average molecular weight is 363 g/mol. The van der Waals surface area contributed by atoms with E-state index in [1.807, 2.05) is 24.3 Å². The van der Waals surface area contributed by atoms with Gasteiger partial charge in [0.05, 0.1) is 12.0 Å². The van der Waals surface area contributed by atoms with Crippen LogP contribution >= 0.6 is 0 Å². The largest absolute Gasteiger partial charge is 0.469 e. The minimum atomic E-state index is -0.0372. The van der Waals surface area contributed by atoms with Gasteiger partial charge >= 0.3 is 0 Å². The number of hydrogen-bond donors (Lipinski definition) is 1. The van der Waals surface area contributed by atoms with Gasteiger partial charge in [0.15, 0.2) is 0 Å². The first-order valence-corrected chi connectivity index (χ1v) is 9.26. The van der Waals surface area contributed by atoms with Crippen LogP contribution in [0.15, 0.2) is 76.8 Å². The molecule has 0 amide bonds. The summed E-state index contributed by atoms with van der Waals surface area (Å²) in [6, 6.07) is 16.1. The fourth-order valence-electron chi connectivity index (χ4n) is 3.33. The Morgan fingerprint density at radius 3 is 2.33 bits per heavy atom. The second-order valence-corrected chi connectivity index (χ2v) is 6.32. The molecule has 140 valence electrons. The molecule has 0 aliphatic carbocycles. The molecule has 0 saturated heterocycles. The molecule has 1 N–H and O–H groups in total. The highest BCUT2D eigenvalue weighted by Crippen LogP contribution is 2.31. The topological polar surface area (TPSA) is 61.9 Å². The van der Waals surface area contributed by atoms with Crippen LogP contribution in [-0.2, 0) is 0 Å². The quantitative estimate of drug-likeness (QED) is 0.350. The molecule has 0 bridgehead atoms. The van der Waals surface area contributed by atoms with Gasteiger partial charge in [0.1, 0.15) is 5.76 Å². The van der Waals surface area contributed by atoms with E-state index in [1.54, 1.807) is 18.7 Å². The highest BCUT2D eigenvalue weighted by Gasteiger charge is 2.21. The predicted molar refractivity (Wildman–Crippen MR) is 108 cm³/mol. The minimum Gasteiger partial charge on any atom is -0.469 e. The summed E-state index contributed by atoms with van der Waals surface area (Å²) in [5.41, 5.74) is 3.78. The highest BCUT2D eigenvalue weighted by atomic mass is 16.4. The van der Waals surface area contributed by atoms with Crippen molar-refractivity contribution in [3.63, 3.8) is 0 Å². The Labute approximate surface area is 160 Å². The van der Waals surface area contributed by atoms with E-state index in [9.17, 15) is 5.21 Å². The van der Waals surface area contributed by atoms with Crippen LogP contribution in [0.5, 0.6) is 0 Å². The van der Waals surface area contributed by atoms with Gasteiger partial charge in [0.2, 0.25) is 0 Å². The van der Waals surface area contributed by atoms with E-state index in [4.69, 9.17) is 4.42 Å². The fourth-order valence-corrected chi connectivity index (χ4v) is 3.33. The van der Waals surface area contributed by atoms with Crippen LogP contribution in [0.25, 0.3) is 0 Å². The Bertz CT molecular complexity index is 839. The first-order valence-electron chi connectivity index (χ1n) is 9.26. The summed E-state index contributed by atoms with van der Waals surface area (Å²) in [5, 5.41) is 13.1. The first kappa shape index (κ1) is 18.7. The molecule has 5 heteroatoms. The smallest absolute Gasteiger partial charge is 0.111 e. The Kier molecular flexibility index (Phi) is 6.26. The molecule has 0 spiro atoms. The first-order chi connectivity index (χ1) is 13.3. The summed E-state index contributed by atoms with van der Waals surface area (Å²) in [5.74, 6) is 0.811. The SMILES string of the molecule is CCN(CC)c1ccc(C(CC(=NO)c2ccncc2)c2ccco2)cc1. The molecule has 0 radical (unpaired) electrons. The number of benzene rings is 1. The molecule has 3 rings (SSSR count). The van der Waals surface area contributed by atoms with E-state index in [0.717, 1.165) is 30.0 Å². The minimum absolute atomic E-state index is 0.0372. The van der Waals surface area contributed by atoms with Gasteiger partial charge < -0.3 is 14.5 Å². The van der Waals surface area contributed by atoms with Gasteiger partial charge in [-0.15, -0.1) is 0 Å². The summed E-state index contributed by atoms with van der Waals surface area (Å²) >= 11 is 0. The van der Waals surface area contributed by atoms with E-state index in [0.29, 0.717) is 12.1 Å². The van der Waals surface area contributed by atoms with Crippen molar-refractivity contribution in [3.05, 3.63) is 84.1 Å². The van der Waals surface area contributed by atoms with Gasteiger partial charge in [0.25, 0.3) is 0 Å². The van der Waals surface area contributed by atoms with Crippen LogP contribution < -0.4 is 4.90 Å². The lowest BCUT2D eigenvalue weighted by atomic mass is 9.89. The Hall–Kier alpha value is -3.08. The summed E-state index contributed by atoms with van der Waals surface area (Å²) in [6.45, 7) is 6.26. The third-order valence-electron chi connectivity index (χ3n) is 4.84. The maximum absolute atomic E-state index is 9.58. The summed E-state index contributed by atoms with van der Waals surface area (Å²) in [7, 11) is 0. The van der Waals surface area contributed by atoms with Crippen LogP contribution in [0, 0.1) is 0 Å². The molecule has 27 heavy (non-hydrogen) atoms. The molecular formula is C22H25N3O2.